The van der Waals surface area contributed by atoms with Gasteiger partial charge in [0.05, 0.1) is 15.2 Å². The van der Waals surface area contributed by atoms with Crippen LogP contribution in [0.4, 0.5) is 0 Å². The lowest BCUT2D eigenvalue weighted by Gasteiger charge is -1.98. The van der Waals surface area contributed by atoms with Gasteiger partial charge in [0.2, 0.25) is 0 Å². The van der Waals surface area contributed by atoms with Gasteiger partial charge in [-0.3, -0.25) is 0 Å². The van der Waals surface area contributed by atoms with Gasteiger partial charge >= 0.3 is 5.97 Å². The fourth-order valence-corrected chi connectivity index (χ4v) is 2.81. The number of thiazole rings is 1. The Hall–Kier alpha value is -1.62. The number of benzene rings is 1. The Morgan fingerprint density at radius 3 is 2.76 bits per heavy atom. The molecule has 0 saturated carbocycles. The van der Waals surface area contributed by atoms with Gasteiger partial charge in [-0.05, 0) is 12.0 Å². The number of nitrogens with zero attached hydrogens (tertiary/aromatic N) is 1. The van der Waals surface area contributed by atoms with Gasteiger partial charge < -0.3 is 10.2 Å². The van der Waals surface area contributed by atoms with Gasteiger partial charge in [0.15, 0.2) is 0 Å². The van der Waals surface area contributed by atoms with Crippen LogP contribution in [0.1, 0.15) is 29.2 Å². The maximum absolute atomic E-state index is 10.9. The highest BCUT2D eigenvalue weighted by atomic mass is 32.1. The van der Waals surface area contributed by atoms with Crippen molar-refractivity contribution in [2.75, 3.05) is 0 Å². The van der Waals surface area contributed by atoms with E-state index in [2.05, 4.69) is 18.8 Å². The van der Waals surface area contributed by atoms with Crippen LogP contribution in [-0.4, -0.2) is 21.2 Å². The van der Waals surface area contributed by atoms with Crippen molar-refractivity contribution < 1.29 is 15.0 Å². The number of carboxylic acids is 1. The minimum absolute atomic E-state index is 0.0982. The molecule has 0 radical (unpaired) electrons. The third-order valence-electron chi connectivity index (χ3n) is 2.36. The maximum Gasteiger partial charge on any atom is 0.339 e. The molecule has 0 bridgehead atoms. The van der Waals surface area contributed by atoms with E-state index in [9.17, 15) is 9.90 Å². The Labute approximate surface area is 103 Å². The van der Waals surface area contributed by atoms with Crippen LogP contribution in [0, 0.1) is 5.92 Å². The molecule has 2 aromatic rings. The molecule has 2 rings (SSSR count). The summed E-state index contributed by atoms with van der Waals surface area (Å²) in [6.07, 6.45) is 0.864. The van der Waals surface area contributed by atoms with Crippen molar-refractivity contribution in [3.63, 3.8) is 0 Å². The monoisotopic (exact) mass is 251 g/mol. The number of aromatic nitrogens is 1. The topological polar surface area (TPSA) is 70.4 Å². The number of hydrogen-bond donors (Lipinski definition) is 2. The van der Waals surface area contributed by atoms with E-state index >= 15 is 0 Å². The van der Waals surface area contributed by atoms with Crippen LogP contribution in [0.25, 0.3) is 10.2 Å². The Morgan fingerprint density at radius 1 is 1.47 bits per heavy atom. The van der Waals surface area contributed by atoms with Crippen molar-refractivity contribution >= 4 is 27.5 Å². The normalized spacial score (nSPS) is 11.2. The number of rotatable bonds is 3. The zero-order chi connectivity index (χ0) is 12.6. The molecule has 0 atom stereocenters. The zero-order valence-electron chi connectivity index (χ0n) is 9.60. The van der Waals surface area contributed by atoms with E-state index in [1.165, 1.54) is 23.5 Å². The van der Waals surface area contributed by atoms with Crippen molar-refractivity contribution in [2.45, 2.75) is 20.3 Å². The van der Waals surface area contributed by atoms with Gasteiger partial charge in [-0.2, -0.15) is 0 Å². The molecule has 2 N–H and O–H groups in total. The maximum atomic E-state index is 10.9. The largest absolute Gasteiger partial charge is 0.507 e. The summed E-state index contributed by atoms with van der Waals surface area (Å²) in [4.78, 5) is 15.2. The summed E-state index contributed by atoms with van der Waals surface area (Å²) in [6.45, 7) is 4.21. The van der Waals surface area contributed by atoms with Crippen LogP contribution < -0.4 is 0 Å². The van der Waals surface area contributed by atoms with Gasteiger partial charge in [-0.25, -0.2) is 9.78 Å². The molecule has 0 fully saturated rings. The van der Waals surface area contributed by atoms with Crippen LogP contribution in [-0.2, 0) is 6.42 Å². The molecule has 0 spiro atoms. The summed E-state index contributed by atoms with van der Waals surface area (Å²) in [5.74, 6) is -0.837. The number of carboxylic acid groups (broad SMARTS) is 1. The molecule has 0 aliphatic rings. The smallest absolute Gasteiger partial charge is 0.339 e. The second kappa shape index (κ2) is 4.33. The third-order valence-corrected chi connectivity index (χ3v) is 3.40. The van der Waals surface area contributed by atoms with Crippen molar-refractivity contribution in [1.29, 1.82) is 0 Å². The average Bonchev–Trinajstić information content (AvgIpc) is 2.56. The van der Waals surface area contributed by atoms with Crippen molar-refractivity contribution in [3.05, 3.63) is 22.7 Å². The minimum Gasteiger partial charge on any atom is -0.507 e. The molecule has 0 aliphatic carbocycles. The molecule has 5 heteroatoms. The quantitative estimate of drug-likeness (QED) is 0.880. The van der Waals surface area contributed by atoms with Gasteiger partial charge in [-0.1, -0.05) is 13.8 Å². The first-order valence-electron chi connectivity index (χ1n) is 5.33. The molecular weight excluding hydrogens is 238 g/mol. The Kier molecular flexibility index (Phi) is 3.02. The van der Waals surface area contributed by atoms with Crippen molar-refractivity contribution in [1.82, 2.24) is 4.98 Å². The lowest BCUT2D eigenvalue weighted by Crippen LogP contribution is -1.96. The predicted molar refractivity (Wildman–Crippen MR) is 66.8 cm³/mol. The summed E-state index contributed by atoms with van der Waals surface area (Å²) in [7, 11) is 0. The van der Waals surface area contributed by atoms with E-state index in [0.29, 0.717) is 11.4 Å². The molecular formula is C12H13NO3S. The van der Waals surface area contributed by atoms with Crippen molar-refractivity contribution in [3.8, 4) is 5.75 Å². The standard InChI is InChI=1S/C12H13NO3S/c1-6(2)3-11-13-8-4-7(12(15)16)9(14)5-10(8)17-11/h4-6,14H,3H2,1-2H3,(H,15,16). The Balaban J connectivity index is 2.50. The van der Waals surface area contributed by atoms with Crippen LogP contribution in [0.2, 0.25) is 0 Å². The minimum atomic E-state index is -1.14. The summed E-state index contributed by atoms with van der Waals surface area (Å²) in [6, 6.07) is 2.90. The summed E-state index contributed by atoms with van der Waals surface area (Å²) >= 11 is 1.50. The first kappa shape index (κ1) is 11.9. The highest BCUT2D eigenvalue weighted by molar-refractivity contribution is 7.18. The molecule has 90 valence electrons. The third kappa shape index (κ3) is 2.39. The SMILES string of the molecule is CC(C)Cc1nc2cc(C(=O)O)c(O)cc2s1. The van der Waals surface area contributed by atoms with E-state index in [0.717, 1.165) is 16.1 Å². The zero-order valence-corrected chi connectivity index (χ0v) is 10.4. The first-order chi connectivity index (χ1) is 7.97. The Bertz CT molecular complexity index is 574. The summed E-state index contributed by atoms with van der Waals surface area (Å²) in [5, 5.41) is 19.4. The van der Waals surface area contributed by atoms with Gasteiger partial charge in [0.25, 0.3) is 0 Å². The average molecular weight is 251 g/mol. The van der Waals surface area contributed by atoms with Gasteiger partial charge in [0, 0.05) is 12.5 Å². The lowest BCUT2D eigenvalue weighted by atomic mass is 10.1. The second-order valence-electron chi connectivity index (χ2n) is 4.35. The highest BCUT2D eigenvalue weighted by Crippen LogP contribution is 2.30. The van der Waals surface area contributed by atoms with Crippen LogP contribution in [0.3, 0.4) is 0 Å². The molecule has 0 unspecified atom stereocenters. The molecule has 0 saturated heterocycles. The molecule has 1 aromatic carbocycles. The fraction of sp³-hybridized carbons (Fsp3) is 0.333. The Morgan fingerprint density at radius 2 is 2.18 bits per heavy atom. The molecule has 0 amide bonds. The lowest BCUT2D eigenvalue weighted by molar-refractivity contribution is 0.0694. The van der Waals surface area contributed by atoms with Gasteiger partial charge in [-0.15, -0.1) is 11.3 Å². The number of aromatic hydroxyl groups is 1. The van der Waals surface area contributed by atoms with E-state index in [4.69, 9.17) is 5.11 Å². The molecule has 1 heterocycles. The number of hydrogen-bond acceptors (Lipinski definition) is 4. The van der Waals surface area contributed by atoms with Crippen LogP contribution >= 0.6 is 11.3 Å². The fourth-order valence-electron chi connectivity index (χ4n) is 1.62. The number of carbonyl (C=O) groups is 1. The molecule has 0 aliphatic heterocycles. The number of fused-ring (bicyclic) bond motifs is 1. The first-order valence-corrected chi connectivity index (χ1v) is 6.14. The highest BCUT2D eigenvalue weighted by Gasteiger charge is 2.14. The van der Waals surface area contributed by atoms with E-state index < -0.39 is 5.97 Å². The molecule has 1 aromatic heterocycles. The second-order valence-corrected chi connectivity index (χ2v) is 5.46. The van der Waals surface area contributed by atoms with Gasteiger partial charge in [0.1, 0.15) is 11.3 Å². The summed E-state index contributed by atoms with van der Waals surface area (Å²) < 4.78 is 0.822. The van der Waals surface area contributed by atoms with E-state index in [-0.39, 0.29) is 11.3 Å². The predicted octanol–water partition coefficient (Wildman–Crippen LogP) is 2.90. The number of aromatic carboxylic acids is 1. The van der Waals surface area contributed by atoms with Crippen molar-refractivity contribution in [2.24, 2.45) is 5.92 Å². The van der Waals surface area contributed by atoms with E-state index in [1.54, 1.807) is 0 Å². The summed E-state index contributed by atoms with van der Waals surface area (Å²) in [5.41, 5.74) is 0.541. The molecule has 4 nitrogen and oxygen atoms in total. The molecule has 17 heavy (non-hydrogen) atoms. The van der Waals surface area contributed by atoms with Crippen LogP contribution in [0.5, 0.6) is 5.75 Å². The van der Waals surface area contributed by atoms with Crippen LogP contribution in [0.15, 0.2) is 12.1 Å². The number of phenols is 1. The van der Waals surface area contributed by atoms with E-state index in [1.807, 2.05) is 0 Å².